The van der Waals surface area contributed by atoms with E-state index in [1.54, 1.807) is 12.5 Å². The molecule has 12 nitrogen and oxygen atoms in total. The van der Waals surface area contributed by atoms with E-state index in [1.165, 1.54) is 0 Å². The van der Waals surface area contributed by atoms with Crippen LogP contribution in [0.5, 0.6) is 0 Å². The molecule has 49 heavy (non-hydrogen) atoms. The zero-order valence-corrected chi connectivity index (χ0v) is 30.9. The van der Waals surface area contributed by atoms with Gasteiger partial charge in [0.2, 0.25) is 6.33 Å². The molecule has 0 unspecified atom stereocenters. The normalized spacial score (nSPS) is 11.2. The van der Waals surface area contributed by atoms with Gasteiger partial charge in [-0.1, -0.05) is 90.3 Å². The first-order valence-corrected chi connectivity index (χ1v) is 14.9. The Bertz CT molecular complexity index is 2690. The number of fused-ring (bicyclic) bond motifs is 6. The van der Waals surface area contributed by atoms with Gasteiger partial charge >= 0.3 is 21.1 Å². The van der Waals surface area contributed by atoms with Gasteiger partial charge < -0.3 is 51.9 Å². The minimum atomic E-state index is 0. The smallest absolute Gasteiger partial charge is 0.467 e. The quantitative estimate of drug-likeness (QED) is 0.195. The van der Waals surface area contributed by atoms with E-state index in [1.807, 2.05) is 109 Å². The number of aromatic nitrogens is 12. The van der Waals surface area contributed by atoms with Crippen molar-refractivity contribution in [2.45, 2.75) is 0 Å². The molecular formula is C35H26N12Pt2-2. The van der Waals surface area contributed by atoms with E-state index in [2.05, 4.69) is 70.3 Å². The maximum absolute atomic E-state index is 4.90. The van der Waals surface area contributed by atoms with Crippen LogP contribution in [-0.2, 0) is 63.3 Å². The molecule has 0 saturated heterocycles. The van der Waals surface area contributed by atoms with E-state index < -0.39 is 0 Å². The van der Waals surface area contributed by atoms with Crippen LogP contribution < -0.4 is 14.5 Å². The van der Waals surface area contributed by atoms with Crippen LogP contribution in [0, 0.1) is 19.0 Å². The van der Waals surface area contributed by atoms with E-state index in [0.717, 1.165) is 66.9 Å². The molecule has 0 amide bonds. The average molecular weight is 1000 g/mol. The Morgan fingerprint density at radius 1 is 0.714 bits per heavy atom. The summed E-state index contributed by atoms with van der Waals surface area (Å²) in [6, 6.07) is 16.5. The molecule has 0 aliphatic heterocycles. The largest absolute Gasteiger partial charge is 2.00 e. The minimum Gasteiger partial charge on any atom is -0.467 e. The minimum absolute atomic E-state index is 0. The maximum Gasteiger partial charge on any atom is 2.00 e. The molecule has 248 valence electrons. The van der Waals surface area contributed by atoms with E-state index in [9.17, 15) is 0 Å². The molecule has 10 aromatic rings. The average Bonchev–Trinajstić information content (AvgIpc) is 3.91. The van der Waals surface area contributed by atoms with E-state index in [0.29, 0.717) is 0 Å². The number of para-hydroxylation sites is 2. The van der Waals surface area contributed by atoms with Crippen molar-refractivity contribution < 1.29 is 46.7 Å². The van der Waals surface area contributed by atoms with Gasteiger partial charge in [0, 0.05) is 59.4 Å². The van der Waals surface area contributed by atoms with Crippen LogP contribution in [-0.4, -0.2) is 42.4 Å². The van der Waals surface area contributed by atoms with Crippen molar-refractivity contribution in [1.29, 1.82) is 0 Å². The van der Waals surface area contributed by atoms with Gasteiger partial charge in [-0.3, -0.25) is 0 Å². The van der Waals surface area contributed by atoms with Crippen molar-refractivity contribution in [3.63, 3.8) is 0 Å². The Hall–Kier alpha value is -5.18. The molecule has 0 fully saturated rings. The zero-order valence-electron chi connectivity index (χ0n) is 26.3. The number of nitrogens with zero attached hydrogens (tertiary/aromatic N) is 12. The van der Waals surface area contributed by atoms with E-state index in [4.69, 9.17) is 9.97 Å². The first kappa shape index (κ1) is 32.4. The molecule has 10 rings (SSSR count). The van der Waals surface area contributed by atoms with Gasteiger partial charge in [-0.15, -0.1) is 6.20 Å². The van der Waals surface area contributed by atoms with Gasteiger partial charge in [0.15, 0.2) is 0 Å². The first-order chi connectivity index (χ1) is 23.0. The number of aryl methyl sites for hydroxylation is 3. The fourth-order valence-corrected chi connectivity index (χ4v) is 6.10. The molecular weight excluding hydrogens is 979 g/mol. The molecule has 0 atom stereocenters. The molecule has 0 N–H and O–H groups in total. The number of hydrogen-bond acceptors (Lipinski definition) is 3. The summed E-state index contributed by atoms with van der Waals surface area (Å²) >= 11 is 0. The number of rotatable bonds is 4. The van der Waals surface area contributed by atoms with Crippen LogP contribution in [0.2, 0.25) is 0 Å². The van der Waals surface area contributed by atoms with E-state index in [-0.39, 0.29) is 42.1 Å². The predicted octanol–water partition coefficient (Wildman–Crippen LogP) is 4.15. The van der Waals surface area contributed by atoms with Gasteiger partial charge in [0.05, 0.1) is 24.9 Å². The van der Waals surface area contributed by atoms with Crippen molar-refractivity contribution in [1.82, 2.24) is 52.3 Å². The van der Waals surface area contributed by atoms with Gasteiger partial charge in [-0.2, -0.15) is 0 Å². The standard InChI is InChI=1S/C18H14N6.C17H12N6.2Pt/c1-21-8-9-23(12-21)15-5-3-4-13-14-6-7-24(18(14)20-17(13)15)16-10-22(2)11-19-16;1-21-9-15(19-11-21)23-7-5-13-12-3-2-4-14(16(12)20-17(13)23)22-8-6-18-10-22;;/h3-10H,1-2H3;2-9,11H,1H3;;/q2*-2;;+2. The third kappa shape index (κ3) is 5.41. The molecule has 2 aromatic carbocycles. The Balaban J connectivity index is 0.000000148. The Morgan fingerprint density at radius 2 is 1.37 bits per heavy atom. The SMILES string of the molecule is Cn1[c-]nc(-n2ccc3c4cccc(-n5[c-][n+](C)cc5)c4[n-]c32)c1.Cn1cnc(-n2ccc3c4cccc(-n5[c-]ncc5)c4[n-]c32)c1.[Pt+2].[Pt]. The van der Waals surface area contributed by atoms with Gasteiger partial charge in [-0.05, 0) is 45.4 Å². The molecule has 8 heterocycles. The number of hydrogen-bond donors (Lipinski definition) is 0. The van der Waals surface area contributed by atoms with Crippen molar-refractivity contribution in [2.24, 2.45) is 21.1 Å². The van der Waals surface area contributed by atoms with Crippen LogP contribution in [0.15, 0.2) is 104 Å². The number of imidazole rings is 4. The summed E-state index contributed by atoms with van der Waals surface area (Å²) < 4.78 is 13.5. The Kier molecular flexibility index (Phi) is 8.38. The number of benzene rings is 2. The summed E-state index contributed by atoms with van der Waals surface area (Å²) in [6.45, 7) is 0. The van der Waals surface area contributed by atoms with Crippen LogP contribution in [0.3, 0.4) is 0 Å². The second-order valence-corrected chi connectivity index (χ2v) is 11.4. The van der Waals surface area contributed by atoms with Gasteiger partial charge in [0.25, 0.3) is 0 Å². The molecule has 0 aliphatic carbocycles. The maximum atomic E-state index is 4.90. The fraction of sp³-hybridized carbons (Fsp3) is 0.0857. The summed E-state index contributed by atoms with van der Waals surface area (Å²) in [6.07, 6.45) is 26.3. The zero-order chi connectivity index (χ0) is 31.6. The summed E-state index contributed by atoms with van der Waals surface area (Å²) in [5.41, 5.74) is 5.71. The second kappa shape index (κ2) is 12.7. The molecule has 8 aromatic heterocycles. The van der Waals surface area contributed by atoms with Crippen molar-refractivity contribution >= 4 is 43.9 Å². The third-order valence-corrected chi connectivity index (χ3v) is 8.26. The fourth-order valence-electron chi connectivity index (χ4n) is 6.10. The molecule has 0 radical (unpaired) electrons. The van der Waals surface area contributed by atoms with Gasteiger partial charge in [0.1, 0.15) is 0 Å². The molecule has 0 aliphatic rings. The summed E-state index contributed by atoms with van der Waals surface area (Å²) in [4.78, 5) is 22.5. The van der Waals surface area contributed by atoms with Crippen LogP contribution in [0.25, 0.3) is 66.9 Å². The van der Waals surface area contributed by atoms with Crippen LogP contribution in [0.4, 0.5) is 0 Å². The Labute approximate surface area is 308 Å². The molecule has 0 bridgehead atoms. The van der Waals surface area contributed by atoms with E-state index >= 15 is 0 Å². The van der Waals surface area contributed by atoms with Crippen LogP contribution >= 0.6 is 0 Å². The first-order valence-electron chi connectivity index (χ1n) is 14.9. The molecule has 14 heteroatoms. The summed E-state index contributed by atoms with van der Waals surface area (Å²) in [7, 11) is 5.82. The van der Waals surface area contributed by atoms with Crippen molar-refractivity contribution in [3.05, 3.63) is 123 Å². The summed E-state index contributed by atoms with van der Waals surface area (Å²) in [5, 5.41) is 4.49. The predicted molar refractivity (Wildman–Crippen MR) is 176 cm³/mol. The second-order valence-electron chi connectivity index (χ2n) is 11.4. The summed E-state index contributed by atoms with van der Waals surface area (Å²) in [5.74, 6) is 1.68. The van der Waals surface area contributed by atoms with Crippen LogP contribution in [0.1, 0.15) is 0 Å². The molecule has 0 saturated carbocycles. The van der Waals surface area contributed by atoms with Crippen molar-refractivity contribution in [3.8, 4) is 23.0 Å². The third-order valence-electron chi connectivity index (χ3n) is 8.26. The van der Waals surface area contributed by atoms with Crippen molar-refractivity contribution in [2.75, 3.05) is 0 Å². The Morgan fingerprint density at radius 3 is 1.90 bits per heavy atom. The monoisotopic (exact) mass is 1000 g/mol. The molecule has 0 spiro atoms. The topological polar surface area (TPSA) is 100 Å². The van der Waals surface area contributed by atoms with Gasteiger partial charge in [-0.25, -0.2) is 4.98 Å².